The molecule has 0 radical (unpaired) electrons. The molecule has 0 unspecified atom stereocenters. The molecule has 0 bridgehead atoms. The van der Waals surface area contributed by atoms with Crippen molar-refractivity contribution in [3.63, 3.8) is 0 Å². The van der Waals surface area contributed by atoms with Crippen LogP contribution in [-0.4, -0.2) is 18.8 Å². The second kappa shape index (κ2) is 3.53. The van der Waals surface area contributed by atoms with Gasteiger partial charge < -0.3 is 0 Å². The maximum Gasteiger partial charge on any atom is -0.0106 e. The smallest absolute Gasteiger partial charge is 0.0106 e. The zero-order valence-electron chi connectivity index (χ0n) is 8.42. The lowest BCUT2D eigenvalue weighted by Crippen LogP contribution is -1.92. The van der Waals surface area contributed by atoms with Gasteiger partial charge in [-0.1, -0.05) is 19.1 Å². The first-order chi connectivity index (χ1) is 5.54. The highest BCUT2D eigenvalue weighted by Gasteiger charge is 2.06. The zero-order chi connectivity index (χ0) is 9.19. The Balaban J connectivity index is 2.93. The first-order valence-electron chi connectivity index (χ1n) is 4.31. The van der Waals surface area contributed by atoms with E-state index in [1.807, 2.05) is 0 Å². The predicted molar refractivity (Wildman–Crippen MR) is 59.4 cm³/mol. The van der Waals surface area contributed by atoms with Gasteiger partial charge in [0.05, 0.1) is 0 Å². The van der Waals surface area contributed by atoms with Gasteiger partial charge in [0.1, 0.15) is 0 Å². The van der Waals surface area contributed by atoms with Crippen LogP contribution in [0.4, 0.5) is 0 Å². The molecule has 68 valence electrons. The number of hydrogen-bond donors (Lipinski definition) is 0. The van der Waals surface area contributed by atoms with Gasteiger partial charge in [-0.25, -0.2) is 10.0 Å². The molecule has 0 aromatic heterocycles. The lowest BCUT2D eigenvalue weighted by atomic mass is 10.2. The Morgan fingerprint density at radius 2 is 1.50 bits per heavy atom. The van der Waals surface area contributed by atoms with Gasteiger partial charge in [0.25, 0.3) is 0 Å². The van der Waals surface area contributed by atoms with Crippen LogP contribution in [0.15, 0.2) is 29.2 Å². The quantitative estimate of drug-likeness (QED) is 0.658. The van der Waals surface area contributed by atoms with Crippen LogP contribution in [0.1, 0.15) is 12.5 Å². The number of aryl methyl sites for hydroxylation is 1. The summed E-state index contributed by atoms with van der Waals surface area (Å²) in [7, 11) is -0.528. The SMILES string of the molecule is CCc1ccc(S(C)(C)C)cc1. The molecule has 0 aliphatic carbocycles. The van der Waals surface area contributed by atoms with E-state index in [4.69, 9.17) is 0 Å². The molecular formula is C11H18S. The number of benzene rings is 1. The molecule has 0 aliphatic heterocycles. The monoisotopic (exact) mass is 182 g/mol. The van der Waals surface area contributed by atoms with Gasteiger partial charge in [0.15, 0.2) is 0 Å². The molecule has 1 rings (SSSR count). The summed E-state index contributed by atoms with van der Waals surface area (Å²) in [5.74, 6) is 0. The van der Waals surface area contributed by atoms with Crippen LogP contribution in [0.3, 0.4) is 0 Å². The van der Waals surface area contributed by atoms with Gasteiger partial charge in [-0.15, -0.1) is 0 Å². The van der Waals surface area contributed by atoms with E-state index in [0.717, 1.165) is 6.42 Å². The minimum Gasteiger partial charge on any atom is -0.223 e. The first-order valence-corrected chi connectivity index (χ1v) is 7.17. The third kappa shape index (κ3) is 2.28. The van der Waals surface area contributed by atoms with E-state index >= 15 is 0 Å². The average Bonchev–Trinajstić information content (AvgIpc) is 2.03. The van der Waals surface area contributed by atoms with Crippen molar-refractivity contribution in [2.45, 2.75) is 18.2 Å². The van der Waals surface area contributed by atoms with Crippen molar-refractivity contribution in [2.75, 3.05) is 18.8 Å². The molecule has 1 heteroatoms. The molecule has 0 saturated heterocycles. The Kier molecular flexibility index (Phi) is 2.84. The van der Waals surface area contributed by atoms with Crippen molar-refractivity contribution in [1.82, 2.24) is 0 Å². The van der Waals surface area contributed by atoms with E-state index in [-0.39, 0.29) is 0 Å². The van der Waals surface area contributed by atoms with Crippen LogP contribution in [0, 0.1) is 0 Å². The van der Waals surface area contributed by atoms with E-state index in [1.54, 1.807) is 0 Å². The Morgan fingerprint density at radius 3 is 1.83 bits per heavy atom. The largest absolute Gasteiger partial charge is 0.223 e. The van der Waals surface area contributed by atoms with Crippen LogP contribution in [0.2, 0.25) is 0 Å². The van der Waals surface area contributed by atoms with Crippen LogP contribution < -0.4 is 0 Å². The molecular weight excluding hydrogens is 164 g/mol. The summed E-state index contributed by atoms with van der Waals surface area (Å²) in [6.45, 7) is 2.19. The molecule has 0 saturated carbocycles. The maximum atomic E-state index is 2.33. The Labute approximate surface area is 77.3 Å². The van der Waals surface area contributed by atoms with Crippen LogP contribution in [0.25, 0.3) is 0 Å². The van der Waals surface area contributed by atoms with Crippen molar-refractivity contribution < 1.29 is 0 Å². The molecule has 1 aromatic carbocycles. The van der Waals surface area contributed by atoms with E-state index in [9.17, 15) is 0 Å². The summed E-state index contributed by atoms with van der Waals surface area (Å²) >= 11 is 0. The second-order valence-corrected chi connectivity index (χ2v) is 7.98. The first kappa shape index (κ1) is 9.66. The summed E-state index contributed by atoms with van der Waals surface area (Å²) in [4.78, 5) is 1.50. The van der Waals surface area contributed by atoms with Gasteiger partial charge in [-0.05, 0) is 47.8 Å². The molecule has 0 nitrogen and oxygen atoms in total. The van der Waals surface area contributed by atoms with Gasteiger partial charge in [-0.2, -0.15) is 0 Å². The summed E-state index contributed by atoms with van der Waals surface area (Å²) in [5.41, 5.74) is 1.43. The van der Waals surface area contributed by atoms with Gasteiger partial charge in [0, 0.05) is 0 Å². The Hall–Kier alpha value is -0.430. The van der Waals surface area contributed by atoms with Gasteiger partial charge in [0.2, 0.25) is 0 Å². The fraction of sp³-hybridized carbons (Fsp3) is 0.455. The van der Waals surface area contributed by atoms with Crippen molar-refractivity contribution in [1.29, 1.82) is 0 Å². The molecule has 0 atom stereocenters. The van der Waals surface area contributed by atoms with Crippen LogP contribution >= 0.6 is 10.0 Å². The molecule has 0 fully saturated rings. The molecule has 0 spiro atoms. The Bertz CT molecular complexity index is 241. The number of hydrogen-bond acceptors (Lipinski definition) is 0. The fourth-order valence-electron chi connectivity index (χ4n) is 1.13. The summed E-state index contributed by atoms with van der Waals surface area (Å²) in [6, 6.07) is 9.03. The predicted octanol–water partition coefficient (Wildman–Crippen LogP) is 3.30. The highest BCUT2D eigenvalue weighted by molar-refractivity contribution is 8.32. The molecule has 0 amide bonds. The molecule has 0 aliphatic rings. The van der Waals surface area contributed by atoms with Gasteiger partial charge in [-0.3, -0.25) is 0 Å². The van der Waals surface area contributed by atoms with Crippen molar-refractivity contribution >= 4 is 10.0 Å². The van der Waals surface area contributed by atoms with Crippen molar-refractivity contribution in [2.24, 2.45) is 0 Å². The van der Waals surface area contributed by atoms with E-state index in [0.29, 0.717) is 0 Å². The maximum absolute atomic E-state index is 2.33. The molecule has 0 heterocycles. The average molecular weight is 182 g/mol. The van der Waals surface area contributed by atoms with E-state index in [1.165, 1.54) is 10.5 Å². The standard InChI is InChI=1S/C11H18S/c1-5-10-6-8-11(9-7-10)12(2,3)4/h6-9H,5H2,1-4H3. The van der Waals surface area contributed by atoms with Crippen LogP contribution in [0.5, 0.6) is 0 Å². The minimum atomic E-state index is -0.528. The lowest BCUT2D eigenvalue weighted by Gasteiger charge is -2.25. The molecule has 12 heavy (non-hydrogen) atoms. The highest BCUT2D eigenvalue weighted by Crippen LogP contribution is 2.44. The van der Waals surface area contributed by atoms with E-state index < -0.39 is 10.0 Å². The Morgan fingerprint density at radius 1 is 1.00 bits per heavy atom. The summed E-state index contributed by atoms with van der Waals surface area (Å²) in [6.07, 6.45) is 8.12. The molecule has 1 aromatic rings. The van der Waals surface area contributed by atoms with Crippen molar-refractivity contribution in [3.05, 3.63) is 29.8 Å². The third-order valence-corrected chi connectivity index (χ3v) is 3.73. The van der Waals surface area contributed by atoms with Crippen molar-refractivity contribution in [3.8, 4) is 0 Å². The zero-order valence-corrected chi connectivity index (χ0v) is 9.24. The van der Waals surface area contributed by atoms with E-state index in [2.05, 4.69) is 50.0 Å². The normalized spacial score (nSPS) is 13.0. The second-order valence-electron chi connectivity index (χ2n) is 3.83. The third-order valence-electron chi connectivity index (χ3n) is 2.04. The summed E-state index contributed by atoms with van der Waals surface area (Å²) < 4.78 is 0. The highest BCUT2D eigenvalue weighted by atomic mass is 32.3. The summed E-state index contributed by atoms with van der Waals surface area (Å²) in [5, 5.41) is 0. The number of rotatable bonds is 2. The van der Waals surface area contributed by atoms with Crippen LogP contribution in [-0.2, 0) is 6.42 Å². The molecule has 0 N–H and O–H groups in total. The topological polar surface area (TPSA) is 0 Å². The fourth-order valence-corrected chi connectivity index (χ4v) is 2.09. The lowest BCUT2D eigenvalue weighted by molar-refractivity contribution is 1.13. The van der Waals surface area contributed by atoms with Gasteiger partial charge >= 0.3 is 0 Å². The minimum absolute atomic E-state index is 0.528.